The van der Waals surface area contributed by atoms with E-state index in [4.69, 9.17) is 0 Å². The Morgan fingerprint density at radius 3 is 1.96 bits per heavy atom. The molecule has 0 saturated heterocycles. The van der Waals surface area contributed by atoms with Crippen molar-refractivity contribution in [2.75, 3.05) is 13.7 Å². The Bertz CT molecular complexity index is 510. The molecule has 0 bridgehead atoms. The lowest BCUT2D eigenvalue weighted by molar-refractivity contribution is -0.294. The highest BCUT2D eigenvalue weighted by atomic mass is 19.4. The lowest BCUT2D eigenvalue weighted by Crippen LogP contribution is -2.52. The van der Waals surface area contributed by atoms with E-state index >= 15 is 0 Å². The zero-order chi connectivity index (χ0) is 20.7. The van der Waals surface area contributed by atoms with Gasteiger partial charge in [-0.05, 0) is 19.3 Å². The highest BCUT2D eigenvalue weighted by molar-refractivity contribution is 5.89. The van der Waals surface area contributed by atoms with E-state index < -0.39 is 48.8 Å². The molecule has 2 amide bonds. The van der Waals surface area contributed by atoms with Crippen LogP contribution in [0.1, 0.15) is 27.2 Å². The molecule has 0 heterocycles. The zero-order valence-corrected chi connectivity index (χ0v) is 14.6. The smallest absolute Gasteiger partial charge is 0.456 e. The molecule has 0 aliphatic heterocycles. The first-order valence-electron chi connectivity index (χ1n) is 7.47. The highest BCUT2D eigenvalue weighted by Gasteiger charge is 2.58. The minimum atomic E-state index is -5.87. The molecule has 0 saturated carbocycles. The summed E-state index contributed by atoms with van der Waals surface area (Å²) in [4.78, 5) is 34.9. The average molecular weight is 392 g/mol. The second-order valence-electron chi connectivity index (χ2n) is 5.86. The van der Waals surface area contributed by atoms with Crippen LogP contribution in [0, 0.1) is 5.92 Å². The van der Waals surface area contributed by atoms with E-state index in [2.05, 4.69) is 20.1 Å². The molecule has 7 nitrogen and oxygen atoms in total. The maximum Gasteiger partial charge on any atom is 0.456 e. The molecule has 0 rings (SSSR count). The van der Waals surface area contributed by atoms with Gasteiger partial charge in [-0.2, -0.15) is 22.0 Å². The van der Waals surface area contributed by atoms with E-state index in [1.807, 2.05) is 0 Å². The van der Waals surface area contributed by atoms with Gasteiger partial charge in [0.15, 0.2) is 6.61 Å². The van der Waals surface area contributed by atoms with Crippen molar-refractivity contribution in [3.05, 3.63) is 0 Å². The molecule has 0 aromatic carbocycles. The first-order valence-corrected chi connectivity index (χ1v) is 7.47. The number of carbonyl (C=O) groups excluding carboxylic acids is 3. The fourth-order valence-electron chi connectivity index (χ4n) is 1.65. The van der Waals surface area contributed by atoms with E-state index in [1.54, 1.807) is 13.8 Å². The third-order valence-corrected chi connectivity index (χ3v) is 3.02. The quantitative estimate of drug-likeness (QED) is 0.487. The van der Waals surface area contributed by atoms with Crippen LogP contribution in [0.4, 0.5) is 26.7 Å². The summed E-state index contributed by atoms with van der Waals surface area (Å²) in [5.41, 5.74) is 0. The summed E-state index contributed by atoms with van der Waals surface area (Å²) in [6.07, 6.45) is -6.62. The number of alkyl carbamates (subject to hydrolysis) is 1. The zero-order valence-electron chi connectivity index (χ0n) is 14.6. The lowest BCUT2D eigenvalue weighted by Gasteiger charge is -2.23. The van der Waals surface area contributed by atoms with Crippen molar-refractivity contribution >= 4 is 18.0 Å². The lowest BCUT2D eigenvalue weighted by atomic mass is 10.0. The number of amides is 2. The molecule has 12 heteroatoms. The fraction of sp³-hybridized carbons (Fsp3) is 0.786. The number of ether oxygens (including phenoxy) is 2. The minimum Gasteiger partial charge on any atom is -0.457 e. The van der Waals surface area contributed by atoms with Gasteiger partial charge in [0.25, 0.3) is 0 Å². The number of esters is 1. The third kappa shape index (κ3) is 7.83. The SMILES string of the molecule is COC(=O)NC(CC(C)C)C(=O)NC(C)C(=O)OCC(F)(F)C(F)(F)F. The predicted octanol–water partition coefficient (Wildman–Crippen LogP) is 2.00. The number of alkyl halides is 5. The van der Waals surface area contributed by atoms with Crippen molar-refractivity contribution in [1.82, 2.24) is 10.6 Å². The molecule has 0 aromatic rings. The van der Waals surface area contributed by atoms with Gasteiger partial charge < -0.3 is 20.1 Å². The third-order valence-electron chi connectivity index (χ3n) is 3.02. The van der Waals surface area contributed by atoms with E-state index in [1.165, 1.54) is 0 Å². The molecule has 2 atom stereocenters. The normalized spacial score (nSPS) is 14.4. The van der Waals surface area contributed by atoms with E-state index in [-0.39, 0.29) is 12.3 Å². The average Bonchev–Trinajstić information content (AvgIpc) is 2.49. The molecule has 0 aromatic heterocycles. The molecule has 2 unspecified atom stereocenters. The number of halogens is 5. The molecule has 0 radical (unpaired) electrons. The van der Waals surface area contributed by atoms with E-state index in [0.29, 0.717) is 0 Å². The fourth-order valence-corrected chi connectivity index (χ4v) is 1.65. The number of nitrogens with one attached hydrogen (secondary N) is 2. The van der Waals surface area contributed by atoms with Crippen LogP contribution in [0.3, 0.4) is 0 Å². The monoisotopic (exact) mass is 392 g/mol. The summed E-state index contributed by atoms with van der Waals surface area (Å²) < 4.78 is 69.8. The van der Waals surface area contributed by atoms with Crippen molar-refractivity contribution in [2.24, 2.45) is 5.92 Å². The van der Waals surface area contributed by atoms with E-state index in [9.17, 15) is 36.3 Å². The summed E-state index contributed by atoms with van der Waals surface area (Å²) >= 11 is 0. The van der Waals surface area contributed by atoms with Crippen LogP contribution in [-0.4, -0.2) is 55.9 Å². The topological polar surface area (TPSA) is 93.7 Å². The number of rotatable bonds is 8. The Balaban J connectivity index is 4.78. The van der Waals surface area contributed by atoms with Crippen molar-refractivity contribution in [2.45, 2.75) is 51.4 Å². The molecular formula is C14H21F5N2O5. The summed E-state index contributed by atoms with van der Waals surface area (Å²) in [6.45, 7) is 2.33. The molecule has 26 heavy (non-hydrogen) atoms. The van der Waals surface area contributed by atoms with E-state index in [0.717, 1.165) is 14.0 Å². The molecule has 0 aliphatic rings. The van der Waals surface area contributed by atoms with Gasteiger partial charge in [-0.25, -0.2) is 9.59 Å². The van der Waals surface area contributed by atoms with Crippen molar-refractivity contribution in [1.29, 1.82) is 0 Å². The standard InChI is InChI=1S/C14H21F5N2O5/c1-7(2)5-9(21-12(24)25-4)10(22)20-8(3)11(23)26-6-13(15,16)14(17,18)19/h7-9H,5-6H2,1-4H3,(H,20,22)(H,21,24). The van der Waals surface area contributed by atoms with Gasteiger partial charge in [-0.1, -0.05) is 13.8 Å². The van der Waals surface area contributed by atoms with Gasteiger partial charge in [0, 0.05) is 0 Å². The van der Waals surface area contributed by atoms with Gasteiger partial charge in [0.05, 0.1) is 7.11 Å². The van der Waals surface area contributed by atoms with Gasteiger partial charge in [0.1, 0.15) is 12.1 Å². The van der Waals surface area contributed by atoms with Gasteiger partial charge >= 0.3 is 24.2 Å². The summed E-state index contributed by atoms with van der Waals surface area (Å²) in [6, 6.07) is -2.62. The van der Waals surface area contributed by atoms with Gasteiger partial charge in [-0.3, -0.25) is 4.79 Å². The molecule has 152 valence electrons. The maximum atomic E-state index is 12.7. The van der Waals surface area contributed by atoms with Crippen LogP contribution in [0.25, 0.3) is 0 Å². The summed E-state index contributed by atoms with van der Waals surface area (Å²) in [5.74, 6) is -7.59. The number of carbonyl (C=O) groups is 3. The number of hydrogen-bond acceptors (Lipinski definition) is 5. The van der Waals surface area contributed by atoms with Crippen molar-refractivity contribution in [3.8, 4) is 0 Å². The predicted molar refractivity (Wildman–Crippen MR) is 78.3 cm³/mol. The molecule has 2 N–H and O–H groups in total. The molecular weight excluding hydrogens is 371 g/mol. The van der Waals surface area contributed by atoms with Crippen LogP contribution in [0.2, 0.25) is 0 Å². The summed E-state index contributed by atoms with van der Waals surface area (Å²) in [5, 5.41) is 4.30. The van der Waals surface area contributed by atoms with Crippen molar-refractivity contribution in [3.63, 3.8) is 0 Å². The van der Waals surface area contributed by atoms with Crippen LogP contribution < -0.4 is 10.6 Å². The second-order valence-corrected chi connectivity index (χ2v) is 5.86. The Kier molecular flexibility index (Phi) is 8.74. The van der Waals surface area contributed by atoms with Crippen LogP contribution in [0.5, 0.6) is 0 Å². The summed E-state index contributed by atoms with van der Waals surface area (Å²) in [7, 11) is 1.07. The van der Waals surface area contributed by atoms with Crippen LogP contribution >= 0.6 is 0 Å². The van der Waals surface area contributed by atoms with Gasteiger partial charge in [-0.15, -0.1) is 0 Å². The molecule has 0 aliphatic carbocycles. The first kappa shape index (κ1) is 23.9. The van der Waals surface area contributed by atoms with Gasteiger partial charge in [0.2, 0.25) is 5.91 Å². The largest absolute Gasteiger partial charge is 0.457 e. The van der Waals surface area contributed by atoms with Crippen molar-refractivity contribution < 1.29 is 45.8 Å². The Hall–Kier alpha value is -2.14. The Morgan fingerprint density at radius 1 is 1.00 bits per heavy atom. The van der Waals surface area contributed by atoms with Crippen LogP contribution in [0.15, 0.2) is 0 Å². The molecule has 0 fully saturated rings. The number of methoxy groups -OCH3 is 1. The number of hydrogen-bond donors (Lipinski definition) is 2. The van der Waals surface area contributed by atoms with Crippen LogP contribution in [-0.2, 0) is 19.1 Å². The second kappa shape index (κ2) is 9.53. The molecule has 0 spiro atoms. The highest BCUT2D eigenvalue weighted by Crippen LogP contribution is 2.35. The first-order chi connectivity index (χ1) is 11.7. The Labute approximate surface area is 146 Å². The maximum absolute atomic E-state index is 12.7. The Morgan fingerprint density at radius 2 is 1.54 bits per heavy atom. The minimum absolute atomic E-state index is 0.0457.